The van der Waals surface area contributed by atoms with E-state index in [-0.39, 0.29) is 0 Å². The Balaban J connectivity index is 1.12. The zero-order valence-electron chi connectivity index (χ0n) is 20.7. The lowest BCUT2D eigenvalue weighted by atomic mass is 9.91. The van der Waals surface area contributed by atoms with Crippen LogP contribution in [0.2, 0.25) is 0 Å². The van der Waals surface area contributed by atoms with Gasteiger partial charge in [0.25, 0.3) is 0 Å². The molecule has 180 valence electrons. The molecule has 2 saturated heterocycles. The summed E-state index contributed by atoms with van der Waals surface area (Å²) in [5.74, 6) is 1.07. The van der Waals surface area contributed by atoms with E-state index in [1.54, 1.807) is 0 Å². The number of benzene rings is 2. The number of hydrogen-bond donors (Lipinski definition) is 1. The van der Waals surface area contributed by atoms with E-state index < -0.39 is 0 Å². The Morgan fingerprint density at radius 2 is 1.71 bits per heavy atom. The first kappa shape index (κ1) is 24.1. The van der Waals surface area contributed by atoms with Crippen LogP contribution >= 0.6 is 0 Å². The van der Waals surface area contributed by atoms with Crippen molar-refractivity contribution >= 4 is 17.3 Å². The molecule has 0 bridgehead atoms. The fraction of sp³-hybridized carbons (Fsp3) is 0.517. The van der Waals surface area contributed by atoms with Crippen molar-refractivity contribution in [2.75, 3.05) is 36.4 Å². The highest BCUT2D eigenvalue weighted by molar-refractivity contribution is 5.76. The number of nitrogens with zero attached hydrogens (tertiary/aromatic N) is 3. The van der Waals surface area contributed by atoms with Crippen molar-refractivity contribution in [3.63, 3.8) is 0 Å². The summed E-state index contributed by atoms with van der Waals surface area (Å²) in [7, 11) is 0. The van der Waals surface area contributed by atoms with Crippen molar-refractivity contribution < 1.29 is 4.79 Å². The van der Waals surface area contributed by atoms with Crippen LogP contribution in [0.25, 0.3) is 0 Å². The van der Waals surface area contributed by atoms with Gasteiger partial charge in [-0.3, -0.25) is 4.79 Å². The van der Waals surface area contributed by atoms with Crippen molar-refractivity contribution in [2.24, 2.45) is 5.92 Å². The zero-order valence-corrected chi connectivity index (χ0v) is 20.7. The van der Waals surface area contributed by atoms with Crippen LogP contribution in [-0.4, -0.2) is 43.0 Å². The van der Waals surface area contributed by atoms with E-state index in [1.165, 1.54) is 30.5 Å². The van der Waals surface area contributed by atoms with Crippen LogP contribution in [-0.2, 0) is 4.79 Å². The van der Waals surface area contributed by atoms with E-state index >= 15 is 0 Å². The summed E-state index contributed by atoms with van der Waals surface area (Å²) in [6.07, 6.45) is 7.28. The molecule has 2 heterocycles. The van der Waals surface area contributed by atoms with Crippen LogP contribution in [0.5, 0.6) is 0 Å². The van der Waals surface area contributed by atoms with Gasteiger partial charge >= 0.3 is 0 Å². The smallest absolute Gasteiger partial charge is 0.222 e. The predicted molar refractivity (Wildman–Crippen MR) is 139 cm³/mol. The maximum absolute atomic E-state index is 12.8. The van der Waals surface area contributed by atoms with Gasteiger partial charge in [0.1, 0.15) is 0 Å². The molecule has 5 heteroatoms. The minimum atomic E-state index is 0.324. The first-order chi connectivity index (χ1) is 16.5. The molecule has 0 spiro atoms. The molecule has 0 radical (unpaired) electrons. The minimum absolute atomic E-state index is 0.324. The number of aryl methyl sites for hydroxylation is 2. The molecule has 1 N–H and O–H groups in total. The highest BCUT2D eigenvalue weighted by Crippen LogP contribution is 2.27. The minimum Gasteiger partial charge on any atom is -0.382 e. The third-order valence-electron chi connectivity index (χ3n) is 7.58. The van der Waals surface area contributed by atoms with Gasteiger partial charge in [0, 0.05) is 50.0 Å². The van der Waals surface area contributed by atoms with Crippen LogP contribution in [0.4, 0.5) is 11.4 Å². The van der Waals surface area contributed by atoms with Gasteiger partial charge in [0.2, 0.25) is 5.91 Å². The largest absolute Gasteiger partial charge is 0.382 e. The number of likely N-dealkylation sites (tertiary alicyclic amines) is 1. The van der Waals surface area contributed by atoms with Gasteiger partial charge in [0.15, 0.2) is 0 Å². The number of amides is 1. The van der Waals surface area contributed by atoms with Gasteiger partial charge in [-0.2, -0.15) is 5.26 Å². The lowest BCUT2D eigenvalue weighted by Gasteiger charge is -2.34. The summed E-state index contributed by atoms with van der Waals surface area (Å²) in [6.45, 7) is 8.02. The Morgan fingerprint density at radius 3 is 2.35 bits per heavy atom. The molecule has 0 unspecified atom stereocenters. The number of carbonyl (C=O) groups is 1. The summed E-state index contributed by atoms with van der Waals surface area (Å²) < 4.78 is 0. The summed E-state index contributed by atoms with van der Waals surface area (Å²) in [4.78, 5) is 17.3. The molecule has 2 aromatic carbocycles. The maximum Gasteiger partial charge on any atom is 0.222 e. The number of anilines is 2. The normalized spacial score (nSPS) is 17.4. The quantitative estimate of drug-likeness (QED) is 0.581. The Kier molecular flexibility index (Phi) is 8.11. The lowest BCUT2D eigenvalue weighted by molar-refractivity contribution is -0.132. The van der Waals surface area contributed by atoms with Crippen LogP contribution in [0.1, 0.15) is 61.6 Å². The second-order valence-electron chi connectivity index (χ2n) is 10.1. The van der Waals surface area contributed by atoms with E-state index in [4.69, 9.17) is 5.26 Å². The molecular formula is C29H38N4O. The predicted octanol–water partition coefficient (Wildman–Crippen LogP) is 5.66. The molecule has 1 amide bonds. The first-order valence-corrected chi connectivity index (χ1v) is 12.9. The van der Waals surface area contributed by atoms with Gasteiger partial charge in [-0.05, 0) is 94.2 Å². The average molecular weight is 459 g/mol. The standard InChI is InChI=1S/C29H38N4O/c1-22-6-10-28(11-7-22)32-16-12-24(13-17-32)4-3-5-29(34)33-18-14-26(15-19-33)31-27-9-8-25(21-30)23(2)20-27/h6-11,20,24,26,31H,3-5,12-19H2,1-2H3. The average Bonchev–Trinajstić information content (AvgIpc) is 2.85. The molecule has 2 aromatic rings. The van der Waals surface area contributed by atoms with E-state index in [1.807, 2.05) is 25.1 Å². The fourth-order valence-corrected chi connectivity index (χ4v) is 5.32. The second kappa shape index (κ2) is 11.4. The third kappa shape index (κ3) is 6.32. The van der Waals surface area contributed by atoms with Crippen molar-refractivity contribution in [3.8, 4) is 6.07 Å². The van der Waals surface area contributed by atoms with Crippen molar-refractivity contribution in [1.82, 2.24) is 4.90 Å². The summed E-state index contributed by atoms with van der Waals surface area (Å²) in [6, 6.07) is 17.4. The van der Waals surface area contributed by atoms with Crippen LogP contribution in [0.3, 0.4) is 0 Å². The number of hydrogen-bond acceptors (Lipinski definition) is 4. The molecule has 0 aliphatic carbocycles. The molecule has 5 nitrogen and oxygen atoms in total. The molecule has 0 atom stereocenters. The number of rotatable bonds is 7. The fourth-order valence-electron chi connectivity index (χ4n) is 5.32. The molecular weight excluding hydrogens is 420 g/mol. The Morgan fingerprint density at radius 1 is 1.00 bits per heavy atom. The highest BCUT2D eigenvalue weighted by atomic mass is 16.2. The van der Waals surface area contributed by atoms with Gasteiger partial charge in [-0.25, -0.2) is 0 Å². The summed E-state index contributed by atoms with van der Waals surface area (Å²) >= 11 is 0. The van der Waals surface area contributed by atoms with Crippen molar-refractivity contribution in [3.05, 3.63) is 59.2 Å². The van der Waals surface area contributed by atoms with E-state index in [9.17, 15) is 4.79 Å². The second-order valence-corrected chi connectivity index (χ2v) is 10.1. The topological polar surface area (TPSA) is 59.4 Å². The molecule has 2 aliphatic rings. The van der Waals surface area contributed by atoms with Crippen LogP contribution < -0.4 is 10.2 Å². The summed E-state index contributed by atoms with van der Waals surface area (Å²) in [5.41, 5.74) is 5.44. The Bertz CT molecular complexity index is 994. The molecule has 0 saturated carbocycles. The third-order valence-corrected chi connectivity index (χ3v) is 7.58. The number of carbonyl (C=O) groups excluding carboxylic acids is 1. The van der Waals surface area contributed by atoms with Gasteiger partial charge in [0.05, 0.1) is 11.6 Å². The number of piperidine rings is 2. The van der Waals surface area contributed by atoms with Crippen molar-refractivity contribution in [1.29, 1.82) is 5.26 Å². The maximum atomic E-state index is 12.8. The van der Waals surface area contributed by atoms with Gasteiger partial charge in [-0.15, -0.1) is 0 Å². The first-order valence-electron chi connectivity index (χ1n) is 12.9. The van der Waals surface area contributed by atoms with E-state index in [0.717, 1.165) is 68.2 Å². The monoisotopic (exact) mass is 458 g/mol. The summed E-state index contributed by atoms with van der Waals surface area (Å²) in [5, 5.41) is 12.7. The molecule has 34 heavy (non-hydrogen) atoms. The van der Waals surface area contributed by atoms with Gasteiger partial charge < -0.3 is 15.1 Å². The molecule has 4 rings (SSSR count). The lowest BCUT2D eigenvalue weighted by Crippen LogP contribution is -2.42. The number of nitrogens with one attached hydrogen (secondary N) is 1. The Hall–Kier alpha value is -3.00. The molecule has 0 aromatic heterocycles. The van der Waals surface area contributed by atoms with E-state index in [2.05, 4.69) is 52.4 Å². The Labute approximate surface area is 204 Å². The molecule has 2 fully saturated rings. The SMILES string of the molecule is Cc1ccc(N2CCC(CCCC(=O)N3CCC(Nc4ccc(C#N)c(C)c4)CC3)CC2)cc1. The van der Waals surface area contributed by atoms with E-state index in [0.29, 0.717) is 18.4 Å². The van der Waals surface area contributed by atoms with Crippen LogP contribution in [0, 0.1) is 31.1 Å². The highest BCUT2D eigenvalue weighted by Gasteiger charge is 2.24. The zero-order chi connectivity index (χ0) is 23.9. The van der Waals surface area contributed by atoms with Crippen molar-refractivity contribution in [2.45, 2.75) is 64.8 Å². The molecule has 2 aliphatic heterocycles. The van der Waals surface area contributed by atoms with Crippen LogP contribution in [0.15, 0.2) is 42.5 Å². The van der Waals surface area contributed by atoms with Gasteiger partial charge in [-0.1, -0.05) is 17.7 Å². The number of nitriles is 1.